The van der Waals surface area contributed by atoms with Crippen molar-refractivity contribution in [3.05, 3.63) is 65.2 Å². The van der Waals surface area contributed by atoms with Crippen molar-refractivity contribution in [3.8, 4) is 0 Å². The smallest absolute Gasteiger partial charge is 0.175 e. The van der Waals surface area contributed by atoms with E-state index in [1.165, 1.54) is 5.56 Å². The van der Waals surface area contributed by atoms with Crippen LogP contribution < -0.4 is 5.43 Å². The Morgan fingerprint density at radius 2 is 1.64 bits per heavy atom. The number of ketones is 1. The van der Waals surface area contributed by atoms with Gasteiger partial charge in [-0.2, -0.15) is 5.10 Å². The van der Waals surface area contributed by atoms with E-state index in [1.54, 1.807) is 6.92 Å². The standard InChI is InChI=1S/C19H22N2O/c1-14-8-7-9-15(2)19(14)21-20-18(16(3)22)13-12-17-10-5-4-6-11-17/h4-11,21H,12-13H2,1-3H3/b20-18-. The molecule has 2 aromatic rings. The summed E-state index contributed by atoms with van der Waals surface area (Å²) < 4.78 is 0. The molecule has 0 radical (unpaired) electrons. The zero-order valence-corrected chi connectivity index (χ0v) is 13.4. The van der Waals surface area contributed by atoms with Crippen molar-refractivity contribution in [1.29, 1.82) is 0 Å². The highest BCUT2D eigenvalue weighted by Gasteiger charge is 2.08. The van der Waals surface area contributed by atoms with Gasteiger partial charge in [0.25, 0.3) is 0 Å². The van der Waals surface area contributed by atoms with Gasteiger partial charge in [-0.05, 0) is 43.4 Å². The number of carbonyl (C=O) groups is 1. The zero-order valence-electron chi connectivity index (χ0n) is 13.4. The molecule has 0 aliphatic carbocycles. The van der Waals surface area contributed by atoms with Gasteiger partial charge in [0.2, 0.25) is 0 Å². The molecular weight excluding hydrogens is 272 g/mol. The Balaban J connectivity index is 2.09. The van der Waals surface area contributed by atoms with E-state index in [0.717, 1.165) is 23.2 Å². The van der Waals surface area contributed by atoms with E-state index in [4.69, 9.17) is 0 Å². The average Bonchev–Trinajstić information content (AvgIpc) is 2.50. The molecule has 0 aliphatic rings. The van der Waals surface area contributed by atoms with Gasteiger partial charge in [0.1, 0.15) is 5.71 Å². The van der Waals surface area contributed by atoms with E-state index >= 15 is 0 Å². The monoisotopic (exact) mass is 294 g/mol. The molecule has 0 atom stereocenters. The Kier molecular flexibility index (Phi) is 5.48. The zero-order chi connectivity index (χ0) is 15.9. The first-order chi connectivity index (χ1) is 10.6. The number of rotatable bonds is 6. The number of para-hydroxylation sites is 1. The summed E-state index contributed by atoms with van der Waals surface area (Å²) in [6, 6.07) is 16.2. The maximum Gasteiger partial charge on any atom is 0.175 e. The van der Waals surface area contributed by atoms with Gasteiger partial charge in [-0.15, -0.1) is 0 Å². The van der Waals surface area contributed by atoms with Gasteiger partial charge in [0, 0.05) is 6.92 Å². The van der Waals surface area contributed by atoms with Crippen LogP contribution in [0.5, 0.6) is 0 Å². The van der Waals surface area contributed by atoms with Gasteiger partial charge >= 0.3 is 0 Å². The summed E-state index contributed by atoms with van der Waals surface area (Å²) in [4.78, 5) is 11.8. The number of benzene rings is 2. The van der Waals surface area contributed by atoms with E-state index in [9.17, 15) is 4.79 Å². The molecule has 0 heterocycles. The first kappa shape index (κ1) is 16.0. The lowest BCUT2D eigenvalue weighted by Gasteiger charge is -2.10. The molecule has 3 heteroatoms. The van der Waals surface area contributed by atoms with Crippen molar-refractivity contribution >= 4 is 17.2 Å². The minimum Gasteiger partial charge on any atom is -0.293 e. The highest BCUT2D eigenvalue weighted by atomic mass is 16.1. The largest absolute Gasteiger partial charge is 0.293 e. The van der Waals surface area contributed by atoms with Gasteiger partial charge in [0.15, 0.2) is 5.78 Å². The van der Waals surface area contributed by atoms with Crippen molar-refractivity contribution in [1.82, 2.24) is 0 Å². The van der Waals surface area contributed by atoms with Crippen LogP contribution in [0.2, 0.25) is 0 Å². The Hall–Kier alpha value is -2.42. The topological polar surface area (TPSA) is 41.5 Å². The lowest BCUT2D eigenvalue weighted by molar-refractivity contribution is -0.111. The number of aryl methyl sites for hydroxylation is 3. The molecule has 2 rings (SSSR count). The van der Waals surface area contributed by atoms with Crippen LogP contribution in [0.3, 0.4) is 0 Å². The van der Waals surface area contributed by atoms with Crippen LogP contribution in [0.1, 0.15) is 30.0 Å². The van der Waals surface area contributed by atoms with Crippen molar-refractivity contribution in [2.24, 2.45) is 5.10 Å². The molecule has 0 aromatic heterocycles. The van der Waals surface area contributed by atoms with Gasteiger partial charge in [-0.1, -0.05) is 48.5 Å². The number of hydrogen-bond acceptors (Lipinski definition) is 3. The van der Waals surface area contributed by atoms with Gasteiger partial charge in [0.05, 0.1) is 5.69 Å². The molecule has 0 aliphatic heterocycles. The minimum atomic E-state index is 0.00895. The van der Waals surface area contributed by atoms with Crippen LogP contribution in [0.15, 0.2) is 53.6 Å². The number of hydrazone groups is 1. The molecule has 114 valence electrons. The maximum absolute atomic E-state index is 11.8. The summed E-state index contributed by atoms with van der Waals surface area (Å²) in [6.07, 6.45) is 1.45. The van der Waals surface area contributed by atoms with E-state index in [-0.39, 0.29) is 5.78 Å². The molecule has 0 bridgehead atoms. The SMILES string of the molecule is CC(=O)/C(CCc1ccccc1)=N\Nc1c(C)cccc1C. The third-order valence-corrected chi connectivity index (χ3v) is 3.68. The predicted molar refractivity (Wildman–Crippen MR) is 92.4 cm³/mol. The molecule has 0 saturated carbocycles. The van der Waals surface area contributed by atoms with Crippen molar-refractivity contribution in [3.63, 3.8) is 0 Å². The fourth-order valence-corrected chi connectivity index (χ4v) is 2.33. The van der Waals surface area contributed by atoms with Crippen LogP contribution in [-0.2, 0) is 11.2 Å². The molecule has 22 heavy (non-hydrogen) atoms. The molecule has 1 N–H and O–H groups in total. The Labute approximate surface area is 132 Å². The quantitative estimate of drug-likeness (QED) is 0.637. The summed E-state index contributed by atoms with van der Waals surface area (Å²) in [5.74, 6) is 0.00895. The number of anilines is 1. The highest BCUT2D eigenvalue weighted by molar-refractivity contribution is 6.39. The first-order valence-corrected chi connectivity index (χ1v) is 7.51. The van der Waals surface area contributed by atoms with Gasteiger partial charge in [-0.3, -0.25) is 10.2 Å². The Morgan fingerprint density at radius 3 is 2.23 bits per heavy atom. The molecule has 3 nitrogen and oxygen atoms in total. The van der Waals surface area contributed by atoms with Crippen LogP contribution in [0.25, 0.3) is 0 Å². The molecule has 0 unspecified atom stereocenters. The fraction of sp³-hybridized carbons (Fsp3) is 0.263. The predicted octanol–water partition coefficient (Wildman–Crippen LogP) is 4.29. The van der Waals surface area contributed by atoms with Crippen molar-refractivity contribution in [2.45, 2.75) is 33.6 Å². The average molecular weight is 294 g/mol. The van der Waals surface area contributed by atoms with Crippen molar-refractivity contribution < 1.29 is 4.79 Å². The number of carbonyl (C=O) groups excluding carboxylic acids is 1. The minimum absolute atomic E-state index is 0.00895. The Morgan fingerprint density at radius 1 is 1.00 bits per heavy atom. The number of nitrogens with zero attached hydrogens (tertiary/aromatic N) is 1. The molecule has 0 spiro atoms. The normalized spacial score (nSPS) is 11.3. The second kappa shape index (κ2) is 7.55. The van der Waals surface area contributed by atoms with Gasteiger partial charge < -0.3 is 0 Å². The number of Topliss-reactive ketones (excluding diaryl/α,β-unsaturated/α-hetero) is 1. The Bertz CT molecular complexity index is 655. The molecule has 0 fully saturated rings. The van der Waals surface area contributed by atoms with Crippen molar-refractivity contribution in [2.75, 3.05) is 5.43 Å². The van der Waals surface area contributed by atoms with E-state index in [0.29, 0.717) is 12.1 Å². The van der Waals surface area contributed by atoms with Crippen LogP contribution in [0, 0.1) is 13.8 Å². The fourth-order valence-electron chi connectivity index (χ4n) is 2.33. The van der Waals surface area contributed by atoms with Crippen LogP contribution in [0.4, 0.5) is 5.69 Å². The maximum atomic E-state index is 11.8. The second-order valence-electron chi connectivity index (χ2n) is 5.48. The van der Waals surface area contributed by atoms with E-state index in [1.807, 2.05) is 50.2 Å². The highest BCUT2D eigenvalue weighted by Crippen LogP contribution is 2.19. The van der Waals surface area contributed by atoms with Gasteiger partial charge in [-0.25, -0.2) is 0 Å². The van der Waals surface area contributed by atoms with E-state index in [2.05, 4.69) is 22.7 Å². The lowest BCUT2D eigenvalue weighted by Crippen LogP contribution is -2.14. The van der Waals surface area contributed by atoms with Crippen LogP contribution >= 0.6 is 0 Å². The third-order valence-electron chi connectivity index (χ3n) is 3.68. The second-order valence-corrected chi connectivity index (χ2v) is 5.48. The number of hydrogen-bond donors (Lipinski definition) is 1. The first-order valence-electron chi connectivity index (χ1n) is 7.51. The lowest BCUT2D eigenvalue weighted by atomic mass is 10.1. The summed E-state index contributed by atoms with van der Waals surface area (Å²) >= 11 is 0. The van der Waals surface area contributed by atoms with Crippen LogP contribution in [-0.4, -0.2) is 11.5 Å². The summed E-state index contributed by atoms with van der Waals surface area (Å²) in [5.41, 5.74) is 8.07. The summed E-state index contributed by atoms with van der Waals surface area (Å²) in [6.45, 7) is 5.63. The summed E-state index contributed by atoms with van der Waals surface area (Å²) in [7, 11) is 0. The van der Waals surface area contributed by atoms with E-state index < -0.39 is 0 Å². The molecular formula is C19H22N2O. The number of nitrogens with one attached hydrogen (secondary N) is 1. The third kappa shape index (κ3) is 4.29. The molecule has 0 saturated heterocycles. The molecule has 2 aromatic carbocycles. The summed E-state index contributed by atoms with van der Waals surface area (Å²) in [5, 5.41) is 4.35. The molecule has 0 amide bonds.